The van der Waals surface area contributed by atoms with Gasteiger partial charge < -0.3 is 0 Å². The van der Waals surface area contributed by atoms with Crippen LogP contribution in [0.5, 0.6) is 0 Å². The van der Waals surface area contributed by atoms with Crippen LogP contribution in [0.4, 0.5) is 0 Å². The van der Waals surface area contributed by atoms with Gasteiger partial charge in [-0.1, -0.05) is 26.2 Å². The molecule has 7 atom stereocenters. The van der Waals surface area contributed by atoms with Gasteiger partial charge in [-0.05, 0) is 80.0 Å². The Balaban J connectivity index is 1.32. The number of carbonyl (C=O) groups excluding carboxylic acids is 1. The van der Waals surface area contributed by atoms with Crippen molar-refractivity contribution in [3.8, 4) is 6.07 Å². The van der Waals surface area contributed by atoms with Crippen LogP contribution in [-0.4, -0.2) is 15.6 Å². The molecule has 0 amide bonds. The Morgan fingerprint density at radius 2 is 2.00 bits per heavy atom. The number of aromatic nitrogens is 2. The van der Waals surface area contributed by atoms with E-state index < -0.39 is 0 Å². The molecule has 4 saturated carbocycles. The van der Waals surface area contributed by atoms with E-state index in [1.807, 2.05) is 0 Å². The third-order valence-electron chi connectivity index (χ3n) is 9.35. The van der Waals surface area contributed by atoms with Gasteiger partial charge >= 0.3 is 0 Å². The lowest BCUT2D eigenvalue weighted by Gasteiger charge is -2.55. The standard InChI is InChI=1S/C24H33N3O/c1-24-11-10-19-18-5-3-2-4-17(18)6-7-20(19)21(24)8-9-22(24)23(28)15-27-14-16(12-25)13-26-27/h13-14,17-22H,2-11,15H2,1H3/t17-,18-,19+,20+,21-,22+,24-/m0/s1. The second-order valence-electron chi connectivity index (χ2n) is 10.4. The lowest BCUT2D eigenvalue weighted by molar-refractivity contribution is -0.131. The summed E-state index contributed by atoms with van der Waals surface area (Å²) >= 11 is 0. The first kappa shape index (κ1) is 18.4. The van der Waals surface area contributed by atoms with Crippen LogP contribution < -0.4 is 0 Å². The quantitative estimate of drug-likeness (QED) is 0.744. The van der Waals surface area contributed by atoms with Gasteiger partial charge in [0.2, 0.25) is 0 Å². The highest BCUT2D eigenvalue weighted by Gasteiger charge is 2.57. The average molecular weight is 380 g/mol. The van der Waals surface area contributed by atoms with Gasteiger partial charge in [0.1, 0.15) is 6.07 Å². The van der Waals surface area contributed by atoms with Gasteiger partial charge in [-0.3, -0.25) is 9.48 Å². The van der Waals surface area contributed by atoms with Crippen molar-refractivity contribution in [2.24, 2.45) is 40.9 Å². The summed E-state index contributed by atoms with van der Waals surface area (Å²) in [6.07, 6.45) is 16.9. The molecule has 0 aliphatic heterocycles. The third kappa shape index (κ3) is 2.85. The Morgan fingerprint density at radius 3 is 2.82 bits per heavy atom. The summed E-state index contributed by atoms with van der Waals surface area (Å²) in [5.41, 5.74) is 0.721. The third-order valence-corrected chi connectivity index (χ3v) is 9.35. The maximum absolute atomic E-state index is 13.2. The van der Waals surface area contributed by atoms with Gasteiger partial charge in [0.05, 0.1) is 18.3 Å². The molecule has 0 bridgehead atoms. The van der Waals surface area contributed by atoms with Crippen LogP contribution in [0, 0.1) is 52.3 Å². The van der Waals surface area contributed by atoms with Gasteiger partial charge in [0.15, 0.2) is 5.78 Å². The second kappa shape index (κ2) is 7.01. The largest absolute Gasteiger partial charge is 0.297 e. The van der Waals surface area contributed by atoms with E-state index in [4.69, 9.17) is 5.26 Å². The fraction of sp³-hybridized carbons (Fsp3) is 0.792. The predicted octanol–water partition coefficient (Wildman–Crippen LogP) is 4.98. The Labute approximate surface area is 168 Å². The van der Waals surface area contributed by atoms with Crippen molar-refractivity contribution >= 4 is 5.78 Å². The Kier molecular flexibility index (Phi) is 4.61. The summed E-state index contributed by atoms with van der Waals surface area (Å²) in [5.74, 6) is 5.06. The van der Waals surface area contributed by atoms with Crippen LogP contribution in [0.3, 0.4) is 0 Å². The molecule has 0 N–H and O–H groups in total. The maximum Gasteiger partial charge on any atom is 0.157 e. The number of fused-ring (bicyclic) bond motifs is 5. The van der Waals surface area contributed by atoms with E-state index in [1.165, 1.54) is 57.8 Å². The zero-order valence-electron chi connectivity index (χ0n) is 17.1. The van der Waals surface area contributed by atoms with Gasteiger partial charge in [-0.15, -0.1) is 0 Å². The van der Waals surface area contributed by atoms with E-state index in [2.05, 4.69) is 18.1 Å². The zero-order chi connectivity index (χ0) is 19.3. The Morgan fingerprint density at radius 1 is 1.14 bits per heavy atom. The minimum Gasteiger partial charge on any atom is -0.297 e. The number of ketones is 1. The number of nitrogens with zero attached hydrogens (tertiary/aromatic N) is 3. The molecular weight excluding hydrogens is 346 g/mol. The van der Waals surface area contributed by atoms with Crippen molar-refractivity contribution in [2.75, 3.05) is 0 Å². The molecule has 4 heteroatoms. The topological polar surface area (TPSA) is 58.7 Å². The smallest absolute Gasteiger partial charge is 0.157 e. The summed E-state index contributed by atoms with van der Waals surface area (Å²) in [5, 5.41) is 13.2. The highest BCUT2D eigenvalue weighted by molar-refractivity contribution is 5.82. The van der Waals surface area contributed by atoms with Gasteiger partial charge in [0.25, 0.3) is 0 Å². The number of rotatable bonds is 3. The van der Waals surface area contributed by atoms with E-state index in [9.17, 15) is 4.79 Å². The zero-order valence-corrected chi connectivity index (χ0v) is 17.1. The molecule has 4 aliphatic carbocycles. The average Bonchev–Trinajstić information content (AvgIpc) is 3.31. The maximum atomic E-state index is 13.2. The van der Waals surface area contributed by atoms with E-state index in [0.717, 1.165) is 36.0 Å². The molecule has 1 aromatic rings. The molecule has 28 heavy (non-hydrogen) atoms. The lowest BCUT2D eigenvalue weighted by Crippen LogP contribution is -2.49. The first-order chi connectivity index (χ1) is 13.6. The van der Waals surface area contributed by atoms with Gasteiger partial charge in [0, 0.05) is 12.1 Å². The SMILES string of the molecule is C[C@]12CC[C@H]3[C@@H](CC[C@@H]4CCCC[C@@H]43)[C@@H]1CC[C@@H]2C(=O)Cn1cc(C#N)cn1. The molecule has 0 radical (unpaired) electrons. The lowest BCUT2D eigenvalue weighted by atomic mass is 9.49. The number of hydrogen-bond donors (Lipinski definition) is 0. The van der Waals surface area contributed by atoms with E-state index in [-0.39, 0.29) is 11.3 Å². The Hall–Kier alpha value is -1.63. The molecule has 5 rings (SSSR count). The molecular formula is C24H33N3O. The van der Waals surface area contributed by atoms with Crippen LogP contribution in [0.25, 0.3) is 0 Å². The van der Waals surface area contributed by atoms with Gasteiger partial charge in [-0.25, -0.2) is 0 Å². The fourth-order valence-corrected chi connectivity index (χ4v) is 8.14. The molecule has 4 aliphatic rings. The molecule has 1 heterocycles. The van der Waals surface area contributed by atoms with Gasteiger partial charge in [-0.2, -0.15) is 10.4 Å². The number of nitriles is 1. The predicted molar refractivity (Wildman–Crippen MR) is 107 cm³/mol. The monoisotopic (exact) mass is 379 g/mol. The van der Waals surface area contributed by atoms with E-state index in [0.29, 0.717) is 17.9 Å². The first-order valence-electron chi connectivity index (χ1n) is 11.6. The summed E-state index contributed by atoms with van der Waals surface area (Å²) in [4.78, 5) is 13.2. The van der Waals surface area contributed by atoms with E-state index in [1.54, 1.807) is 17.1 Å². The Bertz CT molecular complexity index is 792. The molecule has 0 saturated heterocycles. The van der Waals surface area contributed by atoms with Crippen LogP contribution >= 0.6 is 0 Å². The summed E-state index contributed by atoms with van der Waals surface area (Å²) in [7, 11) is 0. The minimum atomic E-state index is 0.178. The normalized spacial score (nSPS) is 42.1. The van der Waals surface area contributed by atoms with Crippen molar-refractivity contribution in [3.63, 3.8) is 0 Å². The van der Waals surface area contributed by atoms with Crippen LogP contribution in [0.15, 0.2) is 12.4 Å². The number of Topliss-reactive ketones (excluding diaryl/α,β-unsaturated/α-hetero) is 1. The molecule has 0 aromatic carbocycles. The highest BCUT2D eigenvalue weighted by Crippen LogP contribution is 2.64. The molecule has 4 fully saturated rings. The van der Waals surface area contributed by atoms with Crippen LogP contribution in [0.2, 0.25) is 0 Å². The summed E-state index contributed by atoms with van der Waals surface area (Å²) in [6, 6.07) is 2.10. The summed E-state index contributed by atoms with van der Waals surface area (Å²) in [6.45, 7) is 2.76. The number of carbonyl (C=O) groups is 1. The second-order valence-corrected chi connectivity index (χ2v) is 10.4. The van der Waals surface area contributed by atoms with Crippen LogP contribution in [-0.2, 0) is 11.3 Å². The minimum absolute atomic E-state index is 0.178. The molecule has 150 valence electrons. The molecule has 4 nitrogen and oxygen atoms in total. The molecule has 0 unspecified atom stereocenters. The first-order valence-corrected chi connectivity index (χ1v) is 11.6. The number of hydrogen-bond acceptors (Lipinski definition) is 3. The van der Waals surface area contributed by atoms with Crippen molar-refractivity contribution < 1.29 is 4.79 Å². The fourth-order valence-electron chi connectivity index (χ4n) is 8.14. The highest BCUT2D eigenvalue weighted by atomic mass is 16.1. The van der Waals surface area contributed by atoms with Crippen molar-refractivity contribution in [1.82, 2.24) is 9.78 Å². The van der Waals surface area contributed by atoms with E-state index >= 15 is 0 Å². The van der Waals surface area contributed by atoms with Crippen molar-refractivity contribution in [1.29, 1.82) is 5.26 Å². The van der Waals surface area contributed by atoms with Crippen LogP contribution in [0.1, 0.15) is 76.7 Å². The van der Waals surface area contributed by atoms with Crippen molar-refractivity contribution in [3.05, 3.63) is 18.0 Å². The molecule has 0 spiro atoms. The summed E-state index contributed by atoms with van der Waals surface area (Å²) < 4.78 is 1.66. The molecule has 1 aromatic heterocycles. The van der Waals surface area contributed by atoms with Crippen molar-refractivity contribution in [2.45, 2.75) is 77.7 Å².